The summed E-state index contributed by atoms with van der Waals surface area (Å²) in [7, 11) is 0. The molecule has 1 aromatic carbocycles. The maximum Gasteiger partial charge on any atom is 0.573 e. The van der Waals surface area contributed by atoms with Gasteiger partial charge in [-0.1, -0.05) is 0 Å². The number of carbonyl (C=O) groups excluding carboxylic acids is 2. The van der Waals surface area contributed by atoms with Crippen LogP contribution in [0.4, 0.5) is 18.9 Å². The molecule has 0 bridgehead atoms. The van der Waals surface area contributed by atoms with Crippen molar-refractivity contribution in [3.05, 3.63) is 46.5 Å². The minimum atomic E-state index is -4.96. The zero-order chi connectivity index (χ0) is 22.4. The molecule has 2 aromatic rings. The molecule has 1 fully saturated rings. The van der Waals surface area contributed by atoms with Gasteiger partial charge in [-0.3, -0.25) is 19.5 Å². The van der Waals surface area contributed by atoms with Crippen LogP contribution in [0.2, 0.25) is 0 Å². The van der Waals surface area contributed by atoms with Crippen LogP contribution in [0.5, 0.6) is 5.75 Å². The van der Waals surface area contributed by atoms with Gasteiger partial charge in [0.1, 0.15) is 4.60 Å². The van der Waals surface area contributed by atoms with E-state index in [4.69, 9.17) is 4.74 Å². The van der Waals surface area contributed by atoms with Gasteiger partial charge in [0, 0.05) is 18.7 Å². The van der Waals surface area contributed by atoms with E-state index in [-0.39, 0.29) is 24.2 Å². The van der Waals surface area contributed by atoms with Crippen molar-refractivity contribution in [1.82, 2.24) is 14.9 Å². The Morgan fingerprint density at radius 1 is 1.19 bits per heavy atom. The SMILES string of the molecule is O=C(CN1CCOCC1)Nc1cc(C(=O)Cc2cnc(Br)cn2)ccc1OC(F)(F)F. The van der Waals surface area contributed by atoms with Crippen molar-refractivity contribution < 1.29 is 32.2 Å². The number of amides is 1. The topological polar surface area (TPSA) is 93.7 Å². The van der Waals surface area contributed by atoms with E-state index < -0.39 is 23.8 Å². The fraction of sp³-hybridized carbons (Fsp3) is 0.368. The Kier molecular flexibility index (Phi) is 7.57. The van der Waals surface area contributed by atoms with E-state index >= 15 is 0 Å². The molecule has 8 nitrogen and oxygen atoms in total. The smallest absolute Gasteiger partial charge is 0.404 e. The Bertz CT molecular complexity index is 935. The van der Waals surface area contributed by atoms with Crippen LogP contribution in [0, 0.1) is 0 Å². The number of anilines is 1. The quantitative estimate of drug-likeness (QED) is 0.581. The lowest BCUT2D eigenvalue weighted by atomic mass is 10.1. The monoisotopic (exact) mass is 502 g/mol. The number of hydrogen-bond acceptors (Lipinski definition) is 7. The number of morpholine rings is 1. The first kappa shape index (κ1) is 23.1. The van der Waals surface area contributed by atoms with Crippen LogP contribution < -0.4 is 10.1 Å². The second-order valence-corrected chi connectivity index (χ2v) is 7.44. The number of ether oxygens (including phenoxy) is 2. The summed E-state index contributed by atoms with van der Waals surface area (Å²) in [4.78, 5) is 34.8. The number of Topliss-reactive ketones (excluding diaryl/α,β-unsaturated/α-hetero) is 1. The summed E-state index contributed by atoms with van der Waals surface area (Å²) in [6, 6.07) is 3.36. The highest BCUT2D eigenvalue weighted by molar-refractivity contribution is 9.10. The van der Waals surface area contributed by atoms with E-state index in [0.29, 0.717) is 36.6 Å². The van der Waals surface area contributed by atoms with Crippen molar-refractivity contribution in [3.8, 4) is 5.75 Å². The molecule has 12 heteroatoms. The molecule has 0 saturated carbocycles. The molecule has 1 aliphatic rings. The average Bonchev–Trinajstić information content (AvgIpc) is 2.70. The van der Waals surface area contributed by atoms with Gasteiger partial charge in [0.05, 0.1) is 50.0 Å². The predicted molar refractivity (Wildman–Crippen MR) is 107 cm³/mol. The van der Waals surface area contributed by atoms with Gasteiger partial charge in [0.15, 0.2) is 11.5 Å². The summed E-state index contributed by atoms with van der Waals surface area (Å²) in [6.45, 7) is 1.98. The summed E-state index contributed by atoms with van der Waals surface area (Å²) in [5.74, 6) is -1.54. The summed E-state index contributed by atoms with van der Waals surface area (Å²) in [5, 5.41) is 2.41. The van der Waals surface area contributed by atoms with Crippen LogP contribution >= 0.6 is 15.9 Å². The number of halogens is 4. The van der Waals surface area contributed by atoms with Gasteiger partial charge in [-0.25, -0.2) is 4.98 Å². The summed E-state index contributed by atoms with van der Waals surface area (Å²) in [5.41, 5.74) is 0.242. The van der Waals surface area contributed by atoms with Crippen LogP contribution in [0.1, 0.15) is 16.1 Å². The Morgan fingerprint density at radius 3 is 2.58 bits per heavy atom. The van der Waals surface area contributed by atoms with Gasteiger partial charge in [0.25, 0.3) is 0 Å². The number of hydrogen-bond donors (Lipinski definition) is 1. The molecule has 3 rings (SSSR count). The number of nitrogens with zero attached hydrogens (tertiary/aromatic N) is 3. The molecule has 31 heavy (non-hydrogen) atoms. The van der Waals surface area contributed by atoms with Gasteiger partial charge < -0.3 is 14.8 Å². The third-order valence-electron chi connectivity index (χ3n) is 4.29. The zero-order valence-corrected chi connectivity index (χ0v) is 17.7. The van der Waals surface area contributed by atoms with Gasteiger partial charge in [0.2, 0.25) is 5.91 Å². The lowest BCUT2D eigenvalue weighted by molar-refractivity contribution is -0.274. The first-order valence-electron chi connectivity index (χ1n) is 9.19. The van der Waals surface area contributed by atoms with Crippen molar-refractivity contribution >= 4 is 33.3 Å². The third kappa shape index (κ3) is 7.26. The maximum absolute atomic E-state index is 12.8. The molecule has 0 atom stereocenters. The van der Waals surface area contributed by atoms with E-state index in [1.54, 1.807) is 0 Å². The van der Waals surface area contributed by atoms with Crippen LogP contribution in [0.25, 0.3) is 0 Å². The predicted octanol–water partition coefficient (Wildman–Crippen LogP) is 2.83. The molecule has 1 aliphatic heterocycles. The Hall–Kier alpha value is -2.57. The first-order chi connectivity index (χ1) is 14.7. The van der Waals surface area contributed by atoms with E-state index in [1.807, 2.05) is 4.90 Å². The highest BCUT2D eigenvalue weighted by Crippen LogP contribution is 2.31. The van der Waals surface area contributed by atoms with E-state index in [1.165, 1.54) is 18.5 Å². The highest BCUT2D eigenvalue weighted by Gasteiger charge is 2.32. The van der Waals surface area contributed by atoms with Crippen molar-refractivity contribution in [2.75, 3.05) is 38.2 Å². The van der Waals surface area contributed by atoms with Gasteiger partial charge in [-0.05, 0) is 34.1 Å². The zero-order valence-electron chi connectivity index (χ0n) is 16.1. The number of rotatable bonds is 7. The Morgan fingerprint density at radius 2 is 1.94 bits per heavy atom. The maximum atomic E-state index is 12.8. The lowest BCUT2D eigenvalue weighted by Gasteiger charge is -2.26. The molecule has 1 N–H and O–H groups in total. The van der Waals surface area contributed by atoms with Crippen molar-refractivity contribution in [1.29, 1.82) is 0 Å². The largest absolute Gasteiger partial charge is 0.573 e. The molecule has 0 radical (unpaired) electrons. The van der Waals surface area contributed by atoms with Gasteiger partial charge in [-0.15, -0.1) is 13.2 Å². The van der Waals surface area contributed by atoms with E-state index in [0.717, 1.165) is 12.1 Å². The minimum absolute atomic E-state index is 0.0263. The molecule has 1 saturated heterocycles. The van der Waals surface area contributed by atoms with Crippen molar-refractivity contribution in [2.45, 2.75) is 12.8 Å². The molecule has 1 aromatic heterocycles. The summed E-state index contributed by atoms with van der Waals surface area (Å²) >= 11 is 3.14. The molecule has 166 valence electrons. The number of ketones is 1. The summed E-state index contributed by atoms with van der Waals surface area (Å²) < 4.78 is 48.0. The van der Waals surface area contributed by atoms with Crippen LogP contribution in [-0.4, -0.2) is 65.8 Å². The van der Waals surface area contributed by atoms with E-state index in [2.05, 4.69) is 36.0 Å². The minimum Gasteiger partial charge on any atom is -0.404 e. The fourth-order valence-electron chi connectivity index (χ4n) is 2.86. The number of aromatic nitrogens is 2. The number of nitrogens with one attached hydrogen (secondary N) is 1. The Balaban J connectivity index is 1.77. The van der Waals surface area contributed by atoms with Gasteiger partial charge >= 0.3 is 6.36 Å². The average molecular weight is 503 g/mol. The van der Waals surface area contributed by atoms with Gasteiger partial charge in [-0.2, -0.15) is 0 Å². The first-order valence-corrected chi connectivity index (χ1v) is 9.98. The van der Waals surface area contributed by atoms with Crippen molar-refractivity contribution in [2.24, 2.45) is 0 Å². The van der Waals surface area contributed by atoms with E-state index in [9.17, 15) is 22.8 Å². The highest BCUT2D eigenvalue weighted by atomic mass is 79.9. The molecule has 0 spiro atoms. The molecular weight excluding hydrogens is 485 g/mol. The summed E-state index contributed by atoms with van der Waals surface area (Å²) in [6.07, 6.45) is -2.22. The standard InChI is InChI=1S/C19H18BrF3N4O4/c20-17-10-24-13(9-25-17)8-15(28)12-1-2-16(31-19(21,22)23)14(7-12)26-18(29)11-27-3-5-30-6-4-27/h1-2,7,9-10H,3-6,8,11H2,(H,26,29). The number of benzene rings is 1. The number of carbonyl (C=O) groups is 2. The molecular formula is C19H18BrF3N4O4. The normalized spacial score (nSPS) is 14.8. The molecule has 2 heterocycles. The van der Waals surface area contributed by atoms with Crippen LogP contribution in [-0.2, 0) is 16.0 Å². The second-order valence-electron chi connectivity index (χ2n) is 6.63. The lowest BCUT2D eigenvalue weighted by Crippen LogP contribution is -2.41. The van der Waals surface area contributed by atoms with Crippen LogP contribution in [0.15, 0.2) is 35.2 Å². The molecule has 0 unspecified atom stereocenters. The number of alkyl halides is 3. The third-order valence-corrected chi connectivity index (χ3v) is 4.70. The molecule has 0 aliphatic carbocycles. The second kappa shape index (κ2) is 10.2. The van der Waals surface area contributed by atoms with Crippen LogP contribution in [0.3, 0.4) is 0 Å². The van der Waals surface area contributed by atoms with Crippen molar-refractivity contribution in [3.63, 3.8) is 0 Å². The fourth-order valence-corrected chi connectivity index (χ4v) is 3.07. The molecule has 1 amide bonds. The Labute approximate surface area is 183 Å².